The average molecular weight is 289 g/mol. The van der Waals surface area contributed by atoms with Crippen molar-refractivity contribution in [1.82, 2.24) is 4.90 Å². The molecule has 110 valence electrons. The highest BCUT2D eigenvalue weighted by atomic mass is 35.5. The lowest BCUT2D eigenvalue weighted by Crippen LogP contribution is -2.27. The first kappa shape index (κ1) is 18.4. The van der Waals surface area contributed by atoms with Crippen molar-refractivity contribution in [1.29, 1.82) is 0 Å². The van der Waals surface area contributed by atoms with Crippen LogP contribution in [0.1, 0.15) is 5.56 Å². The molecule has 0 atom stereocenters. The largest absolute Gasteiger partial charge is 0.379 e. The summed E-state index contributed by atoms with van der Waals surface area (Å²) in [6.07, 6.45) is 0. The van der Waals surface area contributed by atoms with Crippen LogP contribution in [0.4, 0.5) is 0 Å². The smallest absolute Gasteiger partial charge is 0.0717 e. The van der Waals surface area contributed by atoms with E-state index in [0.717, 1.165) is 26.3 Å². The first-order valence-electron chi connectivity index (χ1n) is 6.41. The molecule has 0 aliphatic carbocycles. The lowest BCUT2D eigenvalue weighted by atomic mass is 10.2. The summed E-state index contributed by atoms with van der Waals surface area (Å²) in [6, 6.07) is 10.2. The van der Waals surface area contributed by atoms with E-state index >= 15 is 0 Å². The zero-order chi connectivity index (χ0) is 13.1. The number of ether oxygens (including phenoxy) is 2. The van der Waals surface area contributed by atoms with Crippen molar-refractivity contribution in [3.05, 3.63) is 35.9 Å². The van der Waals surface area contributed by atoms with Crippen LogP contribution in [0.2, 0.25) is 0 Å². The minimum absolute atomic E-state index is 0. The van der Waals surface area contributed by atoms with Gasteiger partial charge in [-0.05, 0) is 12.6 Å². The van der Waals surface area contributed by atoms with E-state index in [1.54, 1.807) is 0 Å². The Kier molecular flexibility index (Phi) is 12.0. The molecule has 0 saturated heterocycles. The van der Waals surface area contributed by atoms with Crippen LogP contribution < -0.4 is 5.73 Å². The van der Waals surface area contributed by atoms with Crippen molar-refractivity contribution in [2.24, 2.45) is 5.73 Å². The van der Waals surface area contributed by atoms with E-state index in [2.05, 4.69) is 24.1 Å². The highest BCUT2D eigenvalue weighted by Crippen LogP contribution is 2.00. The molecule has 1 aromatic rings. The molecule has 0 aliphatic heterocycles. The fourth-order valence-corrected chi connectivity index (χ4v) is 1.50. The van der Waals surface area contributed by atoms with Gasteiger partial charge in [0.2, 0.25) is 0 Å². The number of benzene rings is 1. The molecule has 4 nitrogen and oxygen atoms in total. The normalized spacial score (nSPS) is 10.5. The van der Waals surface area contributed by atoms with Crippen molar-refractivity contribution in [2.45, 2.75) is 6.61 Å². The first-order valence-corrected chi connectivity index (χ1v) is 6.41. The van der Waals surface area contributed by atoms with Crippen molar-refractivity contribution in [2.75, 3.05) is 46.5 Å². The predicted molar refractivity (Wildman–Crippen MR) is 80.7 cm³/mol. The SMILES string of the molecule is CN(CCOCCN)CCOCc1ccccc1.Cl. The Hall–Kier alpha value is -0.650. The second-order valence-electron chi connectivity index (χ2n) is 4.24. The first-order chi connectivity index (χ1) is 8.83. The van der Waals surface area contributed by atoms with Crippen molar-refractivity contribution >= 4 is 12.4 Å². The number of hydrogen-bond donors (Lipinski definition) is 1. The van der Waals surface area contributed by atoms with E-state index in [9.17, 15) is 0 Å². The van der Waals surface area contributed by atoms with Crippen LogP contribution in [-0.4, -0.2) is 51.4 Å². The second-order valence-corrected chi connectivity index (χ2v) is 4.24. The molecule has 0 fully saturated rings. The highest BCUT2D eigenvalue weighted by Gasteiger charge is 1.98. The van der Waals surface area contributed by atoms with E-state index in [1.165, 1.54) is 5.56 Å². The van der Waals surface area contributed by atoms with Gasteiger partial charge in [0.15, 0.2) is 0 Å². The Labute approximate surface area is 122 Å². The molecule has 19 heavy (non-hydrogen) atoms. The Bertz CT molecular complexity index is 299. The summed E-state index contributed by atoms with van der Waals surface area (Å²) in [5.74, 6) is 0. The van der Waals surface area contributed by atoms with Gasteiger partial charge in [0, 0.05) is 19.6 Å². The van der Waals surface area contributed by atoms with Gasteiger partial charge in [-0.15, -0.1) is 12.4 Å². The summed E-state index contributed by atoms with van der Waals surface area (Å²) in [5, 5.41) is 0. The van der Waals surface area contributed by atoms with Crippen LogP contribution in [0, 0.1) is 0 Å². The minimum Gasteiger partial charge on any atom is -0.379 e. The Morgan fingerprint density at radius 2 is 1.63 bits per heavy atom. The van der Waals surface area contributed by atoms with Gasteiger partial charge in [-0.25, -0.2) is 0 Å². The van der Waals surface area contributed by atoms with Crippen LogP contribution in [0.15, 0.2) is 30.3 Å². The molecular formula is C14H25ClN2O2. The van der Waals surface area contributed by atoms with Crippen LogP contribution in [0.25, 0.3) is 0 Å². The number of hydrogen-bond acceptors (Lipinski definition) is 4. The molecule has 0 saturated carbocycles. The fourth-order valence-electron chi connectivity index (χ4n) is 1.50. The van der Waals surface area contributed by atoms with Crippen LogP contribution in [-0.2, 0) is 16.1 Å². The van der Waals surface area contributed by atoms with Gasteiger partial charge >= 0.3 is 0 Å². The minimum atomic E-state index is 0. The quantitative estimate of drug-likeness (QED) is 0.664. The summed E-state index contributed by atoms with van der Waals surface area (Å²) in [4.78, 5) is 2.20. The molecule has 1 aromatic carbocycles. The Balaban J connectivity index is 0.00000324. The third-order valence-electron chi connectivity index (χ3n) is 2.61. The number of likely N-dealkylation sites (N-methyl/N-ethyl adjacent to an activating group) is 1. The molecule has 0 spiro atoms. The summed E-state index contributed by atoms with van der Waals surface area (Å²) in [7, 11) is 2.07. The van der Waals surface area contributed by atoms with Crippen LogP contribution in [0.5, 0.6) is 0 Å². The summed E-state index contributed by atoms with van der Waals surface area (Å²) in [5.41, 5.74) is 6.55. The molecular weight excluding hydrogens is 264 g/mol. The standard InChI is InChI=1S/C14H24N2O2.ClH/c1-16(8-11-17-10-7-15)9-12-18-13-14-5-3-2-4-6-14;/h2-6H,7-13,15H2,1H3;1H. The second kappa shape index (κ2) is 12.4. The summed E-state index contributed by atoms with van der Waals surface area (Å²) < 4.78 is 10.9. The maximum Gasteiger partial charge on any atom is 0.0717 e. The molecule has 5 heteroatoms. The predicted octanol–water partition coefficient (Wildman–Crippen LogP) is 1.53. The van der Waals surface area contributed by atoms with Crippen LogP contribution in [0.3, 0.4) is 0 Å². The molecule has 0 aliphatic rings. The van der Waals surface area contributed by atoms with Gasteiger partial charge in [0.25, 0.3) is 0 Å². The Morgan fingerprint density at radius 3 is 2.26 bits per heavy atom. The maximum atomic E-state index is 5.62. The lowest BCUT2D eigenvalue weighted by molar-refractivity contribution is 0.0801. The van der Waals surface area contributed by atoms with E-state index in [0.29, 0.717) is 19.8 Å². The van der Waals surface area contributed by atoms with E-state index in [-0.39, 0.29) is 12.4 Å². The topological polar surface area (TPSA) is 47.7 Å². The maximum absolute atomic E-state index is 5.62. The van der Waals surface area contributed by atoms with Gasteiger partial charge in [-0.3, -0.25) is 0 Å². The van der Waals surface area contributed by atoms with Crippen molar-refractivity contribution in [3.8, 4) is 0 Å². The molecule has 0 aromatic heterocycles. The molecule has 2 N–H and O–H groups in total. The zero-order valence-corrected chi connectivity index (χ0v) is 12.4. The third kappa shape index (κ3) is 9.87. The molecule has 0 radical (unpaired) electrons. The number of rotatable bonds is 10. The summed E-state index contributed by atoms with van der Waals surface area (Å²) >= 11 is 0. The van der Waals surface area contributed by atoms with E-state index in [4.69, 9.17) is 15.2 Å². The van der Waals surface area contributed by atoms with Crippen molar-refractivity contribution < 1.29 is 9.47 Å². The molecule has 0 amide bonds. The number of halogens is 1. The number of nitrogens with zero attached hydrogens (tertiary/aromatic N) is 1. The zero-order valence-electron chi connectivity index (χ0n) is 11.6. The Morgan fingerprint density at radius 1 is 1.00 bits per heavy atom. The monoisotopic (exact) mass is 288 g/mol. The van der Waals surface area contributed by atoms with Gasteiger partial charge < -0.3 is 20.1 Å². The molecule has 0 heterocycles. The van der Waals surface area contributed by atoms with Gasteiger partial charge in [-0.1, -0.05) is 30.3 Å². The summed E-state index contributed by atoms with van der Waals surface area (Å²) in [6.45, 7) is 5.20. The van der Waals surface area contributed by atoms with E-state index < -0.39 is 0 Å². The van der Waals surface area contributed by atoms with Gasteiger partial charge in [0.1, 0.15) is 0 Å². The van der Waals surface area contributed by atoms with E-state index in [1.807, 2.05) is 18.2 Å². The number of nitrogens with two attached hydrogens (primary N) is 1. The highest BCUT2D eigenvalue weighted by molar-refractivity contribution is 5.85. The van der Waals surface area contributed by atoms with Gasteiger partial charge in [-0.2, -0.15) is 0 Å². The molecule has 1 rings (SSSR count). The molecule has 0 unspecified atom stereocenters. The molecule has 0 bridgehead atoms. The van der Waals surface area contributed by atoms with Crippen LogP contribution >= 0.6 is 12.4 Å². The lowest BCUT2D eigenvalue weighted by Gasteiger charge is -2.16. The third-order valence-corrected chi connectivity index (χ3v) is 2.61. The average Bonchev–Trinajstić information content (AvgIpc) is 2.41. The van der Waals surface area contributed by atoms with Crippen molar-refractivity contribution in [3.63, 3.8) is 0 Å². The fraction of sp³-hybridized carbons (Fsp3) is 0.571. The van der Waals surface area contributed by atoms with Gasteiger partial charge in [0.05, 0.1) is 26.4 Å².